The van der Waals surface area contributed by atoms with E-state index in [1.54, 1.807) is 0 Å². The zero-order valence-corrected chi connectivity index (χ0v) is 9.03. The number of aliphatic carboxylic acids is 1. The van der Waals surface area contributed by atoms with Crippen LogP contribution in [-0.2, 0) is 14.3 Å². The predicted octanol–water partition coefficient (Wildman–Crippen LogP) is 0.330. The molecular weight excluding hydrogens is 198 g/mol. The Bertz CT molecular complexity index is 285. The standard InChI is InChI=1S/C10H17NO4/c1-9(2)14-5-6(15-9)10(3-4-10)7(11)8(12)13/h6-7H,3-5,11H2,1-2H3,(H,12,13). The lowest BCUT2D eigenvalue weighted by Gasteiger charge is -2.26. The van der Waals surface area contributed by atoms with E-state index in [2.05, 4.69) is 0 Å². The highest BCUT2D eigenvalue weighted by Crippen LogP contribution is 2.54. The van der Waals surface area contributed by atoms with Crippen LogP contribution in [0.5, 0.6) is 0 Å². The number of hydrogen-bond donors (Lipinski definition) is 2. The SMILES string of the molecule is CC1(C)OCC(C2(C(N)C(=O)O)CC2)O1. The van der Waals surface area contributed by atoms with Crippen molar-refractivity contribution in [3.8, 4) is 0 Å². The van der Waals surface area contributed by atoms with E-state index in [1.807, 2.05) is 13.8 Å². The predicted molar refractivity (Wildman–Crippen MR) is 52.2 cm³/mol. The van der Waals surface area contributed by atoms with Gasteiger partial charge in [-0.15, -0.1) is 0 Å². The molecule has 0 aromatic rings. The number of carboxylic acids is 1. The molecule has 86 valence electrons. The van der Waals surface area contributed by atoms with E-state index in [1.165, 1.54) is 0 Å². The van der Waals surface area contributed by atoms with E-state index in [0.717, 1.165) is 12.8 Å². The van der Waals surface area contributed by atoms with Crippen molar-refractivity contribution >= 4 is 5.97 Å². The van der Waals surface area contributed by atoms with Crippen LogP contribution in [0, 0.1) is 5.41 Å². The number of rotatable bonds is 3. The Morgan fingerprint density at radius 2 is 2.13 bits per heavy atom. The Morgan fingerprint density at radius 1 is 1.53 bits per heavy atom. The van der Waals surface area contributed by atoms with Crippen LogP contribution in [0.4, 0.5) is 0 Å². The van der Waals surface area contributed by atoms with Crippen LogP contribution < -0.4 is 5.73 Å². The Hall–Kier alpha value is -0.650. The van der Waals surface area contributed by atoms with Crippen LogP contribution >= 0.6 is 0 Å². The van der Waals surface area contributed by atoms with Gasteiger partial charge in [0.05, 0.1) is 12.7 Å². The summed E-state index contributed by atoms with van der Waals surface area (Å²) < 4.78 is 11.1. The molecule has 1 aliphatic heterocycles. The maximum absolute atomic E-state index is 10.9. The van der Waals surface area contributed by atoms with Gasteiger partial charge in [0.2, 0.25) is 0 Å². The van der Waals surface area contributed by atoms with Gasteiger partial charge in [-0.1, -0.05) is 0 Å². The van der Waals surface area contributed by atoms with E-state index in [4.69, 9.17) is 20.3 Å². The first-order valence-corrected chi connectivity index (χ1v) is 5.18. The van der Waals surface area contributed by atoms with Crippen molar-refractivity contribution in [2.24, 2.45) is 11.1 Å². The third kappa shape index (κ3) is 1.75. The van der Waals surface area contributed by atoms with Gasteiger partial charge < -0.3 is 20.3 Å². The molecule has 1 saturated heterocycles. The monoisotopic (exact) mass is 215 g/mol. The number of carbonyl (C=O) groups is 1. The molecule has 2 aliphatic rings. The maximum Gasteiger partial charge on any atom is 0.321 e. The highest BCUT2D eigenvalue weighted by molar-refractivity contribution is 5.75. The smallest absolute Gasteiger partial charge is 0.321 e. The summed E-state index contributed by atoms with van der Waals surface area (Å²) >= 11 is 0. The van der Waals surface area contributed by atoms with Crippen molar-refractivity contribution in [2.45, 2.75) is 44.6 Å². The number of carboxylic acid groups (broad SMARTS) is 1. The molecule has 3 N–H and O–H groups in total. The number of hydrogen-bond acceptors (Lipinski definition) is 4. The Kier molecular flexibility index (Phi) is 2.29. The van der Waals surface area contributed by atoms with Crippen molar-refractivity contribution in [1.82, 2.24) is 0 Å². The first-order valence-electron chi connectivity index (χ1n) is 5.18. The van der Waals surface area contributed by atoms with Crippen LogP contribution in [0.25, 0.3) is 0 Å². The first-order chi connectivity index (χ1) is 6.87. The number of nitrogens with two attached hydrogens (primary N) is 1. The molecule has 15 heavy (non-hydrogen) atoms. The molecule has 5 nitrogen and oxygen atoms in total. The lowest BCUT2D eigenvalue weighted by atomic mass is 9.91. The molecule has 1 heterocycles. The molecule has 0 amide bonds. The average Bonchev–Trinajstić information content (AvgIpc) is 2.85. The fourth-order valence-electron chi connectivity index (χ4n) is 2.19. The quantitative estimate of drug-likeness (QED) is 0.709. The second-order valence-corrected chi connectivity index (χ2v) is 4.87. The summed E-state index contributed by atoms with van der Waals surface area (Å²) in [6.45, 7) is 4.10. The summed E-state index contributed by atoms with van der Waals surface area (Å²) in [4.78, 5) is 10.9. The fraction of sp³-hybridized carbons (Fsp3) is 0.900. The second-order valence-electron chi connectivity index (χ2n) is 4.87. The summed E-state index contributed by atoms with van der Waals surface area (Å²) in [5.41, 5.74) is 5.29. The van der Waals surface area contributed by atoms with Crippen LogP contribution in [0.1, 0.15) is 26.7 Å². The third-order valence-corrected chi connectivity index (χ3v) is 3.36. The van der Waals surface area contributed by atoms with Gasteiger partial charge in [-0.05, 0) is 26.7 Å². The minimum atomic E-state index is -0.958. The van der Waals surface area contributed by atoms with Gasteiger partial charge in [0.15, 0.2) is 5.79 Å². The third-order valence-electron chi connectivity index (χ3n) is 3.36. The molecule has 0 bridgehead atoms. The molecule has 0 radical (unpaired) electrons. The topological polar surface area (TPSA) is 81.8 Å². The molecule has 5 heteroatoms. The lowest BCUT2D eigenvalue weighted by molar-refractivity contribution is -0.155. The Morgan fingerprint density at radius 3 is 2.47 bits per heavy atom. The zero-order valence-electron chi connectivity index (χ0n) is 9.03. The molecule has 1 saturated carbocycles. The minimum Gasteiger partial charge on any atom is -0.480 e. The average molecular weight is 215 g/mol. The molecule has 0 aromatic heterocycles. The highest BCUT2D eigenvalue weighted by atomic mass is 16.7. The van der Waals surface area contributed by atoms with E-state index in [9.17, 15) is 4.79 Å². The van der Waals surface area contributed by atoms with Crippen molar-refractivity contribution in [3.05, 3.63) is 0 Å². The fourth-order valence-corrected chi connectivity index (χ4v) is 2.19. The van der Waals surface area contributed by atoms with Crippen molar-refractivity contribution in [2.75, 3.05) is 6.61 Å². The summed E-state index contributed by atoms with van der Waals surface area (Å²) in [5, 5.41) is 8.93. The summed E-state index contributed by atoms with van der Waals surface area (Å²) in [6, 6.07) is -0.847. The second kappa shape index (κ2) is 3.17. The lowest BCUT2D eigenvalue weighted by Crippen LogP contribution is -2.46. The van der Waals surface area contributed by atoms with Crippen LogP contribution in [-0.4, -0.2) is 35.6 Å². The summed E-state index contributed by atoms with van der Waals surface area (Å²) in [5.74, 6) is -1.57. The minimum absolute atomic E-state index is 0.182. The van der Waals surface area contributed by atoms with Gasteiger partial charge >= 0.3 is 5.97 Å². The highest BCUT2D eigenvalue weighted by Gasteiger charge is 2.60. The molecule has 0 spiro atoms. The van der Waals surface area contributed by atoms with Gasteiger partial charge in [0, 0.05) is 5.41 Å². The van der Waals surface area contributed by atoms with E-state index in [0.29, 0.717) is 6.61 Å². The van der Waals surface area contributed by atoms with Crippen LogP contribution in [0.2, 0.25) is 0 Å². The molecule has 2 fully saturated rings. The number of ether oxygens (including phenoxy) is 2. The van der Waals surface area contributed by atoms with Gasteiger partial charge in [0.1, 0.15) is 6.04 Å². The van der Waals surface area contributed by atoms with Gasteiger partial charge in [-0.25, -0.2) is 0 Å². The molecular formula is C10H17NO4. The molecule has 2 rings (SSSR count). The normalized spacial score (nSPS) is 33.7. The van der Waals surface area contributed by atoms with E-state index >= 15 is 0 Å². The molecule has 0 aromatic carbocycles. The van der Waals surface area contributed by atoms with Crippen molar-refractivity contribution < 1.29 is 19.4 Å². The van der Waals surface area contributed by atoms with Gasteiger partial charge in [0.25, 0.3) is 0 Å². The zero-order chi connectivity index (χ0) is 11.3. The maximum atomic E-state index is 10.9. The summed E-state index contributed by atoms with van der Waals surface area (Å²) in [6.07, 6.45) is 1.44. The molecule has 2 atom stereocenters. The molecule has 2 unspecified atom stereocenters. The van der Waals surface area contributed by atoms with E-state index < -0.39 is 23.2 Å². The Labute approximate surface area is 88.5 Å². The van der Waals surface area contributed by atoms with Gasteiger partial charge in [-0.2, -0.15) is 0 Å². The first kappa shape index (κ1) is 10.9. The van der Waals surface area contributed by atoms with Gasteiger partial charge in [-0.3, -0.25) is 4.79 Å². The van der Waals surface area contributed by atoms with Crippen molar-refractivity contribution in [3.63, 3.8) is 0 Å². The summed E-state index contributed by atoms with van der Waals surface area (Å²) in [7, 11) is 0. The van der Waals surface area contributed by atoms with Crippen LogP contribution in [0.3, 0.4) is 0 Å². The van der Waals surface area contributed by atoms with Crippen LogP contribution in [0.15, 0.2) is 0 Å². The largest absolute Gasteiger partial charge is 0.480 e. The molecule has 1 aliphatic carbocycles. The Balaban J connectivity index is 2.08. The van der Waals surface area contributed by atoms with E-state index in [-0.39, 0.29) is 6.10 Å². The van der Waals surface area contributed by atoms with Crippen molar-refractivity contribution in [1.29, 1.82) is 0 Å².